The summed E-state index contributed by atoms with van der Waals surface area (Å²) in [5.74, 6) is -0.511. The molecule has 0 saturated heterocycles. The van der Waals surface area contributed by atoms with E-state index < -0.39 is 24.2 Å². The molecule has 0 heterocycles. The molecule has 5 nitrogen and oxygen atoms in total. The zero-order valence-electron chi connectivity index (χ0n) is 39.6. The second kappa shape index (κ2) is 49.2. The molecule has 0 radical (unpaired) electrons. The van der Waals surface area contributed by atoms with Crippen LogP contribution >= 0.6 is 0 Å². The second-order valence-corrected chi connectivity index (χ2v) is 18.1. The first kappa shape index (κ1) is 57.6. The molecule has 0 aromatic rings. The smallest absolute Gasteiger partial charge is 0.249 e. The molecular formula is C54H103NO4. The lowest BCUT2D eigenvalue weighted by Crippen LogP contribution is -2.48. The van der Waals surface area contributed by atoms with Crippen LogP contribution < -0.4 is 5.32 Å². The molecule has 1 amide bonds. The summed E-state index contributed by atoms with van der Waals surface area (Å²) in [6.07, 6.45) is 63.5. The van der Waals surface area contributed by atoms with Crippen molar-refractivity contribution in [1.29, 1.82) is 0 Å². The van der Waals surface area contributed by atoms with Crippen molar-refractivity contribution in [3.05, 3.63) is 36.5 Å². The van der Waals surface area contributed by atoms with E-state index in [2.05, 4.69) is 43.5 Å². The Hall–Kier alpha value is -1.43. The Bertz CT molecular complexity index is 916. The van der Waals surface area contributed by atoms with Crippen LogP contribution in [0.2, 0.25) is 0 Å². The number of hydrogen-bond donors (Lipinski definition) is 4. The lowest BCUT2D eigenvalue weighted by Gasteiger charge is -2.21. The van der Waals surface area contributed by atoms with Crippen LogP contribution in [-0.4, -0.2) is 46.1 Å². The Balaban J connectivity index is 3.61. The Morgan fingerprint density at radius 1 is 0.407 bits per heavy atom. The molecule has 0 rings (SSSR count). The Kier molecular flexibility index (Phi) is 48.0. The maximum Gasteiger partial charge on any atom is 0.249 e. The van der Waals surface area contributed by atoms with Crippen molar-refractivity contribution in [2.75, 3.05) is 6.61 Å². The van der Waals surface area contributed by atoms with Crippen LogP contribution in [0.1, 0.15) is 277 Å². The number of aliphatic hydroxyl groups excluding tert-OH is 3. The Labute approximate surface area is 368 Å². The quantitative estimate of drug-likeness (QED) is 0.0363. The van der Waals surface area contributed by atoms with E-state index in [0.29, 0.717) is 6.42 Å². The summed E-state index contributed by atoms with van der Waals surface area (Å²) in [6, 6.07) is -0.814. The molecule has 3 atom stereocenters. The summed E-state index contributed by atoms with van der Waals surface area (Å²) in [5.41, 5.74) is 0. The van der Waals surface area contributed by atoms with E-state index in [1.165, 1.54) is 218 Å². The van der Waals surface area contributed by atoms with Crippen molar-refractivity contribution in [2.24, 2.45) is 0 Å². The van der Waals surface area contributed by atoms with Gasteiger partial charge in [-0.1, -0.05) is 256 Å². The largest absolute Gasteiger partial charge is 0.394 e. The third-order valence-electron chi connectivity index (χ3n) is 12.2. The fourth-order valence-corrected chi connectivity index (χ4v) is 8.08. The molecule has 0 fully saturated rings. The third-order valence-corrected chi connectivity index (χ3v) is 12.2. The number of unbranched alkanes of at least 4 members (excludes halogenated alkanes) is 36. The molecule has 0 saturated carbocycles. The van der Waals surface area contributed by atoms with E-state index in [0.717, 1.165) is 38.5 Å². The molecule has 0 aromatic heterocycles. The molecule has 5 heteroatoms. The minimum atomic E-state index is -1.11. The van der Waals surface area contributed by atoms with Gasteiger partial charge in [-0.2, -0.15) is 0 Å². The molecule has 3 unspecified atom stereocenters. The van der Waals surface area contributed by atoms with E-state index >= 15 is 0 Å². The predicted octanol–water partition coefficient (Wildman–Crippen LogP) is 15.9. The summed E-state index contributed by atoms with van der Waals surface area (Å²) in [4.78, 5) is 12.5. The monoisotopic (exact) mass is 830 g/mol. The van der Waals surface area contributed by atoms with Crippen LogP contribution in [0, 0.1) is 0 Å². The van der Waals surface area contributed by atoms with Gasteiger partial charge >= 0.3 is 0 Å². The van der Waals surface area contributed by atoms with E-state index in [-0.39, 0.29) is 6.61 Å². The number of amides is 1. The number of hydrogen-bond acceptors (Lipinski definition) is 4. The van der Waals surface area contributed by atoms with Crippen molar-refractivity contribution in [2.45, 2.75) is 295 Å². The molecule has 348 valence electrons. The van der Waals surface area contributed by atoms with Crippen LogP contribution in [0.15, 0.2) is 36.5 Å². The normalized spacial score (nSPS) is 13.6. The minimum absolute atomic E-state index is 0.375. The average molecular weight is 830 g/mol. The standard InChI is InChI=1S/C54H103NO4/c1-3-5-7-9-11-13-15-17-19-21-23-24-25-26-27-28-29-30-31-33-35-37-39-41-43-45-47-49-53(58)54(59)55-51(50-56)52(57)48-46-44-42-40-38-36-34-32-22-20-18-16-14-12-10-8-6-4-2/h26-27,38,40,46,48,51-53,56-58H,3-25,28-37,39,41-45,47,49-50H2,1-2H3,(H,55,59)/b27-26-,40-38+,48-46+. The van der Waals surface area contributed by atoms with Crippen molar-refractivity contribution in [3.8, 4) is 0 Å². The second-order valence-electron chi connectivity index (χ2n) is 18.1. The number of rotatable bonds is 48. The fourth-order valence-electron chi connectivity index (χ4n) is 8.08. The third kappa shape index (κ3) is 44.4. The number of nitrogens with one attached hydrogen (secondary N) is 1. The predicted molar refractivity (Wildman–Crippen MR) is 259 cm³/mol. The van der Waals surface area contributed by atoms with Gasteiger partial charge in [0.05, 0.1) is 18.8 Å². The summed E-state index contributed by atoms with van der Waals surface area (Å²) >= 11 is 0. The van der Waals surface area contributed by atoms with Crippen molar-refractivity contribution >= 4 is 5.91 Å². The van der Waals surface area contributed by atoms with Gasteiger partial charge in [0.15, 0.2) is 0 Å². The number of aliphatic hydroxyl groups is 3. The van der Waals surface area contributed by atoms with Crippen LogP contribution in [0.25, 0.3) is 0 Å². The topological polar surface area (TPSA) is 89.8 Å². The van der Waals surface area contributed by atoms with Gasteiger partial charge < -0.3 is 20.6 Å². The van der Waals surface area contributed by atoms with E-state index in [1.807, 2.05) is 6.08 Å². The van der Waals surface area contributed by atoms with Gasteiger partial charge in [-0.15, -0.1) is 0 Å². The van der Waals surface area contributed by atoms with Crippen LogP contribution in [0.4, 0.5) is 0 Å². The van der Waals surface area contributed by atoms with Crippen LogP contribution in [-0.2, 0) is 4.79 Å². The Morgan fingerprint density at radius 3 is 1.03 bits per heavy atom. The van der Waals surface area contributed by atoms with Crippen LogP contribution in [0.3, 0.4) is 0 Å². The van der Waals surface area contributed by atoms with Gasteiger partial charge in [0, 0.05) is 0 Å². The van der Waals surface area contributed by atoms with Gasteiger partial charge in [0.2, 0.25) is 5.91 Å². The van der Waals surface area contributed by atoms with Crippen molar-refractivity contribution in [3.63, 3.8) is 0 Å². The van der Waals surface area contributed by atoms with Gasteiger partial charge in [-0.25, -0.2) is 0 Å². The minimum Gasteiger partial charge on any atom is -0.394 e. The van der Waals surface area contributed by atoms with Gasteiger partial charge in [-0.05, 0) is 57.8 Å². The summed E-state index contributed by atoms with van der Waals surface area (Å²) in [5, 5.41) is 33.3. The zero-order valence-corrected chi connectivity index (χ0v) is 39.6. The number of carbonyl (C=O) groups is 1. The maximum atomic E-state index is 12.5. The molecule has 0 spiro atoms. The fraction of sp³-hybridized carbons (Fsp3) is 0.870. The molecule has 0 aliphatic rings. The lowest BCUT2D eigenvalue weighted by atomic mass is 10.0. The molecular weight excluding hydrogens is 727 g/mol. The van der Waals surface area contributed by atoms with Gasteiger partial charge in [-0.3, -0.25) is 4.79 Å². The zero-order chi connectivity index (χ0) is 43.0. The summed E-state index contributed by atoms with van der Waals surface area (Å²) in [6.45, 7) is 4.19. The van der Waals surface area contributed by atoms with Gasteiger partial charge in [0.25, 0.3) is 0 Å². The van der Waals surface area contributed by atoms with Crippen molar-refractivity contribution in [1.82, 2.24) is 5.32 Å². The molecule has 0 bridgehead atoms. The lowest BCUT2D eigenvalue weighted by molar-refractivity contribution is -0.131. The number of allylic oxidation sites excluding steroid dienone is 5. The summed E-state index contributed by atoms with van der Waals surface area (Å²) < 4.78 is 0. The molecule has 59 heavy (non-hydrogen) atoms. The van der Waals surface area contributed by atoms with Crippen molar-refractivity contribution < 1.29 is 20.1 Å². The van der Waals surface area contributed by atoms with E-state index in [4.69, 9.17) is 0 Å². The molecule has 4 N–H and O–H groups in total. The van der Waals surface area contributed by atoms with E-state index in [1.54, 1.807) is 6.08 Å². The first-order valence-electron chi connectivity index (χ1n) is 26.3. The highest BCUT2D eigenvalue weighted by Gasteiger charge is 2.22. The molecule has 0 aliphatic heterocycles. The molecule has 0 aliphatic carbocycles. The molecule has 0 aromatic carbocycles. The van der Waals surface area contributed by atoms with Gasteiger partial charge in [0.1, 0.15) is 6.10 Å². The Morgan fingerprint density at radius 2 is 0.695 bits per heavy atom. The SMILES string of the molecule is CCCCCCCCCCCCCC/C=C\CCCCCCCCCCCCCC(O)C(=O)NC(CO)C(O)/C=C/CC/C=C/CCCCCCCCCCCCCC. The number of carbonyl (C=O) groups excluding carboxylic acids is 1. The highest BCUT2D eigenvalue weighted by Crippen LogP contribution is 2.16. The first-order valence-corrected chi connectivity index (χ1v) is 26.3. The maximum absolute atomic E-state index is 12.5. The van der Waals surface area contributed by atoms with Crippen LogP contribution in [0.5, 0.6) is 0 Å². The average Bonchev–Trinajstić information content (AvgIpc) is 3.24. The first-order chi connectivity index (χ1) is 29.1. The van der Waals surface area contributed by atoms with E-state index in [9.17, 15) is 20.1 Å². The summed E-state index contributed by atoms with van der Waals surface area (Å²) in [7, 11) is 0. The highest BCUT2D eigenvalue weighted by molar-refractivity contribution is 5.80. The highest BCUT2D eigenvalue weighted by atomic mass is 16.3.